The molecule has 0 saturated heterocycles. The van der Waals surface area contributed by atoms with E-state index >= 15 is 0 Å². The molecule has 126 valence electrons. The Bertz CT molecular complexity index is 876. The Morgan fingerprint density at radius 2 is 1.72 bits per heavy atom. The van der Waals surface area contributed by atoms with Crippen LogP contribution in [-0.2, 0) is 13.0 Å². The predicted octanol–water partition coefficient (Wildman–Crippen LogP) is 4.03. The number of anilines is 1. The number of fused-ring (bicyclic) bond motifs is 1. The van der Waals surface area contributed by atoms with Crippen LogP contribution in [0.5, 0.6) is 0 Å². The number of aliphatic hydroxyl groups is 1. The van der Waals surface area contributed by atoms with Gasteiger partial charge in [0.1, 0.15) is 11.9 Å². The van der Waals surface area contributed by atoms with E-state index in [-0.39, 0.29) is 0 Å². The van der Waals surface area contributed by atoms with Gasteiger partial charge in [0.15, 0.2) is 0 Å². The van der Waals surface area contributed by atoms with Crippen molar-refractivity contribution in [3.05, 3.63) is 94.7 Å². The molecule has 0 fully saturated rings. The lowest BCUT2D eigenvalue weighted by Crippen LogP contribution is -2.31. The Hall–Kier alpha value is -2.65. The molecule has 4 rings (SSSR count). The Kier molecular flexibility index (Phi) is 4.24. The van der Waals surface area contributed by atoms with Crippen molar-refractivity contribution in [1.29, 1.82) is 0 Å². The van der Waals surface area contributed by atoms with Gasteiger partial charge in [-0.2, -0.15) is 0 Å². The first kappa shape index (κ1) is 15.9. The van der Waals surface area contributed by atoms with Crippen molar-refractivity contribution in [2.45, 2.75) is 26.0 Å². The molecule has 3 nitrogen and oxygen atoms in total. The number of rotatable bonds is 3. The standard InChI is InChI=1S/C22H22N2O/c1-16-13-21(24-12-11-17-7-5-6-10-19(17)15-24)23-14-20(16)22(25)18-8-3-2-4-9-18/h2-10,13-14,22,25H,11-12,15H2,1H3/t22-/m0/s1. The molecule has 0 aliphatic carbocycles. The van der Waals surface area contributed by atoms with Crippen LogP contribution in [0.1, 0.15) is 33.9 Å². The van der Waals surface area contributed by atoms with Crippen molar-refractivity contribution < 1.29 is 5.11 Å². The molecule has 3 heteroatoms. The number of benzene rings is 2. The Morgan fingerprint density at radius 3 is 2.48 bits per heavy atom. The van der Waals surface area contributed by atoms with Gasteiger partial charge in [0.25, 0.3) is 0 Å². The van der Waals surface area contributed by atoms with Crippen LogP contribution in [0.2, 0.25) is 0 Å². The third kappa shape index (κ3) is 3.15. The van der Waals surface area contributed by atoms with Crippen molar-refractivity contribution in [3.8, 4) is 0 Å². The van der Waals surface area contributed by atoms with E-state index < -0.39 is 6.10 Å². The third-order valence-corrected chi connectivity index (χ3v) is 5.00. The van der Waals surface area contributed by atoms with Gasteiger partial charge in [-0.3, -0.25) is 0 Å². The maximum Gasteiger partial charge on any atom is 0.129 e. The lowest BCUT2D eigenvalue weighted by molar-refractivity contribution is 0.219. The monoisotopic (exact) mass is 330 g/mol. The largest absolute Gasteiger partial charge is 0.384 e. The number of aliphatic hydroxyl groups excluding tert-OH is 1. The smallest absolute Gasteiger partial charge is 0.129 e. The van der Waals surface area contributed by atoms with Crippen LogP contribution >= 0.6 is 0 Å². The molecule has 0 amide bonds. The van der Waals surface area contributed by atoms with Gasteiger partial charge in [-0.1, -0.05) is 54.6 Å². The van der Waals surface area contributed by atoms with E-state index in [0.29, 0.717) is 0 Å². The summed E-state index contributed by atoms with van der Waals surface area (Å²) < 4.78 is 0. The van der Waals surface area contributed by atoms with Crippen molar-refractivity contribution in [1.82, 2.24) is 4.98 Å². The number of hydrogen-bond acceptors (Lipinski definition) is 3. The van der Waals surface area contributed by atoms with Gasteiger partial charge in [0.05, 0.1) is 0 Å². The van der Waals surface area contributed by atoms with Crippen LogP contribution in [0.3, 0.4) is 0 Å². The molecule has 0 radical (unpaired) electrons. The van der Waals surface area contributed by atoms with Gasteiger partial charge in [0, 0.05) is 24.8 Å². The Morgan fingerprint density at radius 1 is 1.00 bits per heavy atom. The summed E-state index contributed by atoms with van der Waals surface area (Å²) in [6.07, 6.45) is 2.23. The molecule has 1 aliphatic heterocycles. The summed E-state index contributed by atoms with van der Waals surface area (Å²) in [5.74, 6) is 0.982. The van der Waals surface area contributed by atoms with E-state index in [1.165, 1.54) is 11.1 Å². The average Bonchev–Trinajstić information content (AvgIpc) is 2.67. The van der Waals surface area contributed by atoms with Crippen LogP contribution in [0, 0.1) is 6.92 Å². The summed E-state index contributed by atoms with van der Waals surface area (Å²) in [6.45, 7) is 3.91. The van der Waals surface area contributed by atoms with E-state index in [0.717, 1.165) is 42.0 Å². The summed E-state index contributed by atoms with van der Waals surface area (Å²) in [6, 6.07) is 20.4. The molecular formula is C22H22N2O. The second-order valence-corrected chi connectivity index (χ2v) is 6.65. The van der Waals surface area contributed by atoms with Gasteiger partial charge in [-0.15, -0.1) is 0 Å². The molecule has 1 aromatic heterocycles. The fraction of sp³-hybridized carbons (Fsp3) is 0.227. The first-order chi connectivity index (χ1) is 12.2. The second-order valence-electron chi connectivity index (χ2n) is 6.65. The van der Waals surface area contributed by atoms with Crippen molar-refractivity contribution in [2.24, 2.45) is 0 Å². The fourth-order valence-corrected chi connectivity index (χ4v) is 3.52. The lowest BCUT2D eigenvalue weighted by Gasteiger charge is -2.30. The third-order valence-electron chi connectivity index (χ3n) is 5.00. The number of aryl methyl sites for hydroxylation is 1. The molecule has 2 aromatic carbocycles. The number of hydrogen-bond donors (Lipinski definition) is 1. The van der Waals surface area contributed by atoms with E-state index in [1.54, 1.807) is 0 Å². The Labute approximate surface area is 148 Å². The van der Waals surface area contributed by atoms with E-state index in [9.17, 15) is 5.11 Å². The second kappa shape index (κ2) is 6.69. The molecule has 1 N–H and O–H groups in total. The zero-order chi connectivity index (χ0) is 17.2. The molecule has 0 bridgehead atoms. The van der Waals surface area contributed by atoms with Gasteiger partial charge < -0.3 is 10.0 Å². The molecule has 0 saturated carbocycles. The summed E-state index contributed by atoms with van der Waals surface area (Å²) in [5, 5.41) is 10.7. The van der Waals surface area contributed by atoms with Crippen LogP contribution in [-0.4, -0.2) is 16.6 Å². The summed E-state index contributed by atoms with van der Waals surface area (Å²) in [4.78, 5) is 6.96. The van der Waals surface area contributed by atoms with Crippen LogP contribution in [0.25, 0.3) is 0 Å². The summed E-state index contributed by atoms with van der Waals surface area (Å²) in [7, 11) is 0. The minimum atomic E-state index is -0.634. The van der Waals surface area contributed by atoms with Crippen molar-refractivity contribution in [3.63, 3.8) is 0 Å². The number of aromatic nitrogens is 1. The van der Waals surface area contributed by atoms with E-state index in [1.807, 2.05) is 43.5 Å². The minimum absolute atomic E-state index is 0.634. The van der Waals surface area contributed by atoms with E-state index in [2.05, 4.69) is 40.2 Å². The molecule has 2 heterocycles. The van der Waals surface area contributed by atoms with Crippen LogP contribution in [0.15, 0.2) is 66.9 Å². The lowest BCUT2D eigenvalue weighted by atomic mass is 9.98. The fourth-order valence-electron chi connectivity index (χ4n) is 3.52. The maximum atomic E-state index is 10.7. The highest BCUT2D eigenvalue weighted by molar-refractivity contribution is 5.48. The molecule has 25 heavy (non-hydrogen) atoms. The van der Waals surface area contributed by atoms with Gasteiger partial charge in [-0.05, 0) is 41.7 Å². The summed E-state index contributed by atoms with van der Waals surface area (Å²) in [5.41, 5.74) is 5.65. The normalized spacial score (nSPS) is 14.9. The highest BCUT2D eigenvalue weighted by Gasteiger charge is 2.19. The first-order valence-corrected chi connectivity index (χ1v) is 8.73. The molecule has 0 unspecified atom stereocenters. The minimum Gasteiger partial charge on any atom is -0.384 e. The SMILES string of the molecule is Cc1cc(N2CCc3ccccc3C2)ncc1[C@@H](O)c1ccccc1. The van der Waals surface area contributed by atoms with Crippen LogP contribution in [0.4, 0.5) is 5.82 Å². The summed E-state index contributed by atoms with van der Waals surface area (Å²) >= 11 is 0. The highest BCUT2D eigenvalue weighted by Crippen LogP contribution is 2.28. The molecule has 0 spiro atoms. The highest BCUT2D eigenvalue weighted by atomic mass is 16.3. The molecule has 1 aliphatic rings. The molecular weight excluding hydrogens is 308 g/mol. The van der Waals surface area contributed by atoms with Gasteiger partial charge in [0.2, 0.25) is 0 Å². The zero-order valence-corrected chi connectivity index (χ0v) is 14.4. The van der Waals surface area contributed by atoms with Crippen molar-refractivity contribution in [2.75, 3.05) is 11.4 Å². The van der Waals surface area contributed by atoms with Gasteiger partial charge >= 0.3 is 0 Å². The Balaban J connectivity index is 1.58. The maximum absolute atomic E-state index is 10.7. The first-order valence-electron chi connectivity index (χ1n) is 8.73. The zero-order valence-electron chi connectivity index (χ0n) is 14.4. The van der Waals surface area contributed by atoms with E-state index in [4.69, 9.17) is 0 Å². The predicted molar refractivity (Wildman–Crippen MR) is 101 cm³/mol. The number of pyridine rings is 1. The quantitative estimate of drug-likeness (QED) is 0.787. The van der Waals surface area contributed by atoms with Crippen molar-refractivity contribution >= 4 is 5.82 Å². The van der Waals surface area contributed by atoms with Crippen LogP contribution < -0.4 is 4.90 Å². The topological polar surface area (TPSA) is 36.4 Å². The van der Waals surface area contributed by atoms with Gasteiger partial charge in [-0.25, -0.2) is 4.98 Å². The number of nitrogens with zero attached hydrogens (tertiary/aromatic N) is 2. The average molecular weight is 330 g/mol. The molecule has 3 aromatic rings. The molecule has 1 atom stereocenters.